The van der Waals surface area contributed by atoms with Crippen LogP contribution in [0, 0.1) is 11.3 Å². The van der Waals surface area contributed by atoms with Gasteiger partial charge in [-0.3, -0.25) is 9.59 Å². The number of nitrogens with zero attached hydrogens (tertiary/aromatic N) is 3. The van der Waals surface area contributed by atoms with E-state index in [0.717, 1.165) is 35.2 Å². The highest BCUT2D eigenvalue weighted by Gasteiger charge is 2.66. The van der Waals surface area contributed by atoms with Crippen LogP contribution < -0.4 is 21.3 Å². The molecule has 2 saturated carbocycles. The molecular weight excluding hydrogens is 490 g/mol. The molecule has 7 rings (SSSR count). The van der Waals surface area contributed by atoms with E-state index in [4.69, 9.17) is 10.5 Å². The zero-order valence-electron chi connectivity index (χ0n) is 23.4. The molecule has 2 saturated heterocycles. The molecule has 4 aliphatic rings. The fraction of sp³-hybridized carbons (Fsp3) is 0.516. The smallest absolute Gasteiger partial charge is 0.253 e. The molecule has 3 aromatic rings. The molecule has 8 nitrogen and oxygen atoms in total. The van der Waals surface area contributed by atoms with Crippen molar-refractivity contribution in [2.75, 3.05) is 30.7 Å². The first-order valence-corrected chi connectivity index (χ1v) is 14.2. The number of nitrogen functional groups attached to an aromatic ring is 1. The number of aromatic nitrogens is 2. The van der Waals surface area contributed by atoms with Gasteiger partial charge in [-0.1, -0.05) is 51.2 Å². The van der Waals surface area contributed by atoms with Crippen LogP contribution in [0.15, 0.2) is 53.6 Å². The number of anilines is 2. The number of ether oxygens (including phenoxy) is 1. The lowest BCUT2D eigenvalue weighted by Crippen LogP contribution is -2.56. The van der Waals surface area contributed by atoms with Crippen LogP contribution in [0.2, 0.25) is 0 Å². The average Bonchev–Trinajstić information content (AvgIpc) is 3.41. The van der Waals surface area contributed by atoms with Gasteiger partial charge in [0.15, 0.2) is 0 Å². The van der Waals surface area contributed by atoms with Crippen LogP contribution in [-0.4, -0.2) is 45.6 Å². The zero-order valence-corrected chi connectivity index (χ0v) is 23.4. The van der Waals surface area contributed by atoms with E-state index in [1.54, 1.807) is 32.4 Å². The number of hydrogen-bond acceptors (Lipinski definition) is 6. The minimum Gasteiger partial charge on any atom is -0.493 e. The zero-order chi connectivity index (χ0) is 27.6. The van der Waals surface area contributed by atoms with Gasteiger partial charge in [-0.15, -0.1) is 0 Å². The minimum absolute atomic E-state index is 0.0751. The molecule has 4 heterocycles. The lowest BCUT2D eigenvalue weighted by molar-refractivity contribution is -0.132. The summed E-state index contributed by atoms with van der Waals surface area (Å²) < 4.78 is 7.49. The average molecular weight is 532 g/mol. The number of hydrogen-bond donors (Lipinski definition) is 2. The Labute approximate surface area is 230 Å². The molecule has 1 aromatic carbocycles. The van der Waals surface area contributed by atoms with Gasteiger partial charge in [-0.25, -0.2) is 4.98 Å². The topological polar surface area (TPSA) is 102 Å². The Balaban J connectivity index is 0.000000384. The maximum atomic E-state index is 12.4. The van der Waals surface area contributed by atoms with Gasteiger partial charge in [0.25, 0.3) is 5.56 Å². The third kappa shape index (κ3) is 5.60. The molecule has 0 unspecified atom stereocenters. The summed E-state index contributed by atoms with van der Waals surface area (Å²) in [5.41, 5.74) is 6.59. The summed E-state index contributed by atoms with van der Waals surface area (Å²) in [5, 5.41) is 5.49. The van der Waals surface area contributed by atoms with Crippen molar-refractivity contribution in [2.45, 2.75) is 64.3 Å². The van der Waals surface area contributed by atoms with Gasteiger partial charge < -0.3 is 25.3 Å². The van der Waals surface area contributed by atoms with Crippen molar-refractivity contribution in [2.24, 2.45) is 18.4 Å². The first-order valence-electron chi connectivity index (χ1n) is 14.2. The normalized spacial score (nSPS) is 24.0. The first-order chi connectivity index (χ1) is 18.7. The minimum atomic E-state index is -0.233. The lowest BCUT2D eigenvalue weighted by atomic mass is 9.62. The SMILES string of the molecule is CC(=O)N1CC2(COc3ccn(C)c(=O)c3)CC1(CNc1cccc3c(N)nccc13)C2.CC1CCCCC1. The van der Waals surface area contributed by atoms with E-state index in [-0.39, 0.29) is 22.4 Å². The Bertz CT molecular complexity index is 1390. The van der Waals surface area contributed by atoms with Crippen molar-refractivity contribution in [3.63, 3.8) is 0 Å². The van der Waals surface area contributed by atoms with E-state index in [1.165, 1.54) is 42.7 Å². The van der Waals surface area contributed by atoms with E-state index < -0.39 is 0 Å². The number of rotatable bonds is 6. The van der Waals surface area contributed by atoms with Gasteiger partial charge in [-0.05, 0) is 37.0 Å². The summed E-state index contributed by atoms with van der Waals surface area (Å²) in [5.74, 6) is 2.19. The molecule has 0 spiro atoms. The van der Waals surface area contributed by atoms with E-state index in [2.05, 4.69) is 17.2 Å². The van der Waals surface area contributed by atoms with Crippen LogP contribution in [0.25, 0.3) is 10.8 Å². The molecule has 0 atom stereocenters. The third-order valence-electron chi connectivity index (χ3n) is 8.81. The number of carbonyl (C=O) groups is 1. The molecule has 208 valence electrons. The van der Waals surface area contributed by atoms with Crippen molar-refractivity contribution in [3.05, 3.63) is 59.1 Å². The van der Waals surface area contributed by atoms with Crippen LogP contribution in [-0.2, 0) is 11.8 Å². The summed E-state index contributed by atoms with van der Waals surface area (Å²) in [4.78, 5) is 30.5. The highest BCUT2D eigenvalue weighted by molar-refractivity contribution is 5.99. The van der Waals surface area contributed by atoms with Crippen molar-refractivity contribution in [1.82, 2.24) is 14.5 Å². The molecule has 3 N–H and O–H groups in total. The molecule has 8 heteroatoms. The molecule has 4 fully saturated rings. The molecule has 2 bridgehead atoms. The number of fused-ring (bicyclic) bond motifs is 2. The molecule has 1 amide bonds. The third-order valence-corrected chi connectivity index (χ3v) is 8.81. The second-order valence-corrected chi connectivity index (χ2v) is 12.0. The molecule has 0 radical (unpaired) electrons. The van der Waals surface area contributed by atoms with Crippen LogP contribution in [0.4, 0.5) is 11.5 Å². The highest BCUT2D eigenvalue weighted by Crippen LogP contribution is 2.59. The van der Waals surface area contributed by atoms with E-state index in [0.29, 0.717) is 31.3 Å². The van der Waals surface area contributed by atoms with Crippen LogP contribution in [0.1, 0.15) is 58.8 Å². The van der Waals surface area contributed by atoms with E-state index in [1.807, 2.05) is 29.2 Å². The van der Waals surface area contributed by atoms with Crippen LogP contribution in [0.5, 0.6) is 5.75 Å². The van der Waals surface area contributed by atoms with Crippen molar-refractivity contribution in [3.8, 4) is 5.75 Å². The Morgan fingerprint density at radius 3 is 2.59 bits per heavy atom. The van der Waals surface area contributed by atoms with Gasteiger partial charge >= 0.3 is 0 Å². The molecule has 2 aliphatic heterocycles. The van der Waals surface area contributed by atoms with Crippen molar-refractivity contribution in [1.29, 1.82) is 0 Å². The maximum absolute atomic E-state index is 12.4. The summed E-state index contributed by atoms with van der Waals surface area (Å²) in [6, 6.07) is 11.2. The number of nitrogens with two attached hydrogens (primary N) is 1. The van der Waals surface area contributed by atoms with Gasteiger partial charge in [0.1, 0.15) is 11.6 Å². The van der Waals surface area contributed by atoms with Crippen LogP contribution in [0.3, 0.4) is 0 Å². The largest absolute Gasteiger partial charge is 0.493 e. The summed E-state index contributed by atoms with van der Waals surface area (Å²) in [6.07, 6.45) is 12.6. The Morgan fingerprint density at radius 2 is 1.92 bits per heavy atom. The predicted octanol–water partition coefficient (Wildman–Crippen LogP) is 4.97. The molecule has 39 heavy (non-hydrogen) atoms. The monoisotopic (exact) mass is 531 g/mol. The van der Waals surface area contributed by atoms with Gasteiger partial charge in [-0.2, -0.15) is 0 Å². The second kappa shape index (κ2) is 10.9. The Kier molecular flexibility index (Phi) is 7.56. The quantitative estimate of drug-likeness (QED) is 0.465. The van der Waals surface area contributed by atoms with E-state index in [9.17, 15) is 9.59 Å². The maximum Gasteiger partial charge on any atom is 0.253 e. The standard InChI is InChI=1S/C24H27N5O3.C7H14/c1-16(30)29-14-23(15-32-17-7-9-28(2)21(31)10-17)11-24(29,12-23)13-27-20-5-3-4-19-18(20)6-8-26-22(19)25;1-7-5-3-2-4-6-7/h3-10,27H,11-15H2,1-2H3,(H2,25,26);7H,2-6H2,1H3. The van der Waals surface area contributed by atoms with Gasteiger partial charge in [0.2, 0.25) is 5.91 Å². The lowest BCUT2D eigenvalue weighted by Gasteiger charge is -2.47. The number of amides is 1. The molecular formula is C31H41N5O3. The first kappa shape index (κ1) is 27.0. The molecule has 2 aromatic heterocycles. The predicted molar refractivity (Wildman–Crippen MR) is 156 cm³/mol. The second-order valence-electron chi connectivity index (χ2n) is 12.0. The summed E-state index contributed by atoms with van der Waals surface area (Å²) >= 11 is 0. The highest BCUT2D eigenvalue weighted by atomic mass is 16.5. The Morgan fingerprint density at radius 1 is 1.15 bits per heavy atom. The Hall–Kier alpha value is -3.55. The van der Waals surface area contributed by atoms with E-state index >= 15 is 0 Å². The number of pyridine rings is 2. The van der Waals surface area contributed by atoms with Crippen LogP contribution >= 0.6 is 0 Å². The number of nitrogens with one attached hydrogen (secondary N) is 1. The summed E-state index contributed by atoms with van der Waals surface area (Å²) in [7, 11) is 1.71. The number of aryl methyl sites for hydroxylation is 1. The molecule has 2 aliphatic carbocycles. The fourth-order valence-electron chi connectivity index (χ4n) is 6.77. The van der Waals surface area contributed by atoms with Crippen molar-refractivity contribution >= 4 is 28.2 Å². The van der Waals surface area contributed by atoms with Gasteiger partial charge in [0.05, 0.1) is 12.1 Å². The van der Waals surface area contributed by atoms with Gasteiger partial charge in [0, 0.05) is 67.4 Å². The number of carbonyl (C=O) groups excluding carboxylic acids is 1. The fourth-order valence-corrected chi connectivity index (χ4v) is 6.77. The summed E-state index contributed by atoms with van der Waals surface area (Å²) in [6.45, 7) is 5.80. The number of benzene rings is 1. The van der Waals surface area contributed by atoms with Crippen molar-refractivity contribution < 1.29 is 9.53 Å².